The zero-order valence-corrected chi connectivity index (χ0v) is 12.8. The van der Waals surface area contributed by atoms with E-state index >= 15 is 0 Å². The third-order valence-electron chi connectivity index (χ3n) is 4.97. The first kappa shape index (κ1) is 13.6. The van der Waals surface area contributed by atoms with E-state index in [4.69, 9.17) is 9.72 Å². The summed E-state index contributed by atoms with van der Waals surface area (Å²) in [7, 11) is 0. The fraction of sp³-hybridized carbons (Fsp3) is 0.471. The minimum atomic E-state index is -0.147. The average Bonchev–Trinajstić information content (AvgIpc) is 3.09. The van der Waals surface area contributed by atoms with Gasteiger partial charge in [0.1, 0.15) is 5.82 Å². The summed E-state index contributed by atoms with van der Waals surface area (Å²) in [6.07, 6.45) is 1.78. The second-order valence-corrected chi connectivity index (χ2v) is 6.49. The van der Waals surface area contributed by atoms with E-state index in [1.54, 1.807) is 4.57 Å². The quantitative estimate of drug-likeness (QED) is 0.755. The lowest BCUT2D eigenvalue weighted by Gasteiger charge is -2.20. The molecule has 3 heterocycles. The largest absolute Gasteiger partial charge is 0.380 e. The van der Waals surface area contributed by atoms with E-state index in [0.29, 0.717) is 36.2 Å². The molecular weight excluding hydrogens is 280 g/mol. The van der Waals surface area contributed by atoms with Gasteiger partial charge in [0.2, 0.25) is 0 Å². The number of carbonyl (C=O) groups is 1. The zero-order chi connectivity index (χ0) is 15.5. The number of aromatic nitrogens is 2. The molecule has 1 fully saturated rings. The van der Waals surface area contributed by atoms with Crippen LogP contribution < -0.4 is 5.56 Å². The van der Waals surface area contributed by atoms with Gasteiger partial charge >= 0.3 is 0 Å². The Balaban J connectivity index is 2.09. The van der Waals surface area contributed by atoms with Gasteiger partial charge in [-0.25, -0.2) is 4.98 Å². The molecule has 114 valence electrons. The van der Waals surface area contributed by atoms with Gasteiger partial charge in [-0.3, -0.25) is 14.2 Å². The molecule has 0 N–H and O–H groups in total. The van der Waals surface area contributed by atoms with Crippen LogP contribution in [0.25, 0.3) is 10.9 Å². The first-order valence-electron chi connectivity index (χ1n) is 7.66. The van der Waals surface area contributed by atoms with Gasteiger partial charge in [0, 0.05) is 18.7 Å². The Bertz CT molecular complexity index is 860. The second kappa shape index (κ2) is 4.49. The van der Waals surface area contributed by atoms with Crippen molar-refractivity contribution < 1.29 is 9.53 Å². The van der Waals surface area contributed by atoms with Crippen molar-refractivity contribution in [3.63, 3.8) is 0 Å². The second-order valence-electron chi connectivity index (χ2n) is 6.49. The number of ketones is 1. The first-order chi connectivity index (χ1) is 10.5. The molecular formula is C17H18N2O3. The molecule has 1 unspecified atom stereocenters. The SMILES string of the molecule is CC(=O)c1cc(C)cc2c(=O)n3c(nc12)C1(CCOC1)CC3. The lowest BCUT2D eigenvalue weighted by atomic mass is 9.85. The summed E-state index contributed by atoms with van der Waals surface area (Å²) < 4.78 is 7.34. The summed E-state index contributed by atoms with van der Waals surface area (Å²) in [5, 5.41) is 0.546. The maximum Gasteiger partial charge on any atom is 0.261 e. The molecule has 1 aromatic carbocycles. The van der Waals surface area contributed by atoms with Crippen molar-refractivity contribution in [2.24, 2.45) is 0 Å². The van der Waals surface area contributed by atoms with Crippen molar-refractivity contribution in [2.45, 2.75) is 38.6 Å². The lowest BCUT2D eigenvalue weighted by Crippen LogP contribution is -2.29. The predicted molar refractivity (Wildman–Crippen MR) is 82.5 cm³/mol. The highest BCUT2D eigenvalue weighted by atomic mass is 16.5. The van der Waals surface area contributed by atoms with Gasteiger partial charge in [-0.05, 0) is 44.4 Å². The van der Waals surface area contributed by atoms with Gasteiger partial charge < -0.3 is 4.74 Å². The van der Waals surface area contributed by atoms with Crippen LogP contribution in [0.4, 0.5) is 0 Å². The number of benzene rings is 1. The number of Topliss-reactive ketones (excluding diaryl/α,β-unsaturated/α-hetero) is 1. The molecule has 5 heteroatoms. The highest BCUT2D eigenvalue weighted by molar-refractivity contribution is 6.05. The molecule has 1 saturated heterocycles. The van der Waals surface area contributed by atoms with E-state index in [1.165, 1.54) is 6.92 Å². The van der Waals surface area contributed by atoms with Crippen LogP contribution in [0.3, 0.4) is 0 Å². The molecule has 4 rings (SSSR count). The Morgan fingerprint density at radius 1 is 1.36 bits per heavy atom. The Morgan fingerprint density at radius 3 is 2.86 bits per heavy atom. The van der Waals surface area contributed by atoms with Crippen molar-refractivity contribution in [2.75, 3.05) is 13.2 Å². The van der Waals surface area contributed by atoms with Gasteiger partial charge in [-0.1, -0.05) is 0 Å². The third kappa shape index (κ3) is 1.72. The van der Waals surface area contributed by atoms with Gasteiger partial charge in [0.25, 0.3) is 5.56 Å². The molecule has 2 aliphatic rings. The number of hydrogen-bond donors (Lipinski definition) is 0. The molecule has 5 nitrogen and oxygen atoms in total. The van der Waals surface area contributed by atoms with E-state index in [1.807, 2.05) is 19.1 Å². The predicted octanol–water partition coefficient (Wildman–Crippen LogP) is 1.97. The fourth-order valence-electron chi connectivity index (χ4n) is 3.77. The van der Waals surface area contributed by atoms with E-state index in [9.17, 15) is 9.59 Å². The summed E-state index contributed by atoms with van der Waals surface area (Å²) >= 11 is 0. The molecule has 0 aliphatic carbocycles. The number of nitrogens with zero attached hydrogens (tertiary/aromatic N) is 2. The standard InChI is InChI=1S/C17H18N2O3/c1-10-7-12(11(2)20)14-13(8-10)15(21)19-5-3-17(16(19)18-14)4-6-22-9-17/h7-8H,3-6,9H2,1-2H3. The normalized spacial score (nSPS) is 23.4. The summed E-state index contributed by atoms with van der Waals surface area (Å²) in [4.78, 5) is 29.6. The van der Waals surface area contributed by atoms with Crippen LogP contribution in [0.1, 0.15) is 41.5 Å². The number of ether oxygens (including phenoxy) is 1. The van der Waals surface area contributed by atoms with Crippen molar-refractivity contribution >= 4 is 16.7 Å². The summed E-state index contributed by atoms with van der Waals surface area (Å²) in [6, 6.07) is 3.65. The smallest absolute Gasteiger partial charge is 0.261 e. The number of carbonyl (C=O) groups excluding carboxylic acids is 1. The third-order valence-corrected chi connectivity index (χ3v) is 4.97. The fourth-order valence-corrected chi connectivity index (χ4v) is 3.77. The first-order valence-corrected chi connectivity index (χ1v) is 7.66. The van der Waals surface area contributed by atoms with E-state index in [2.05, 4.69) is 0 Å². The molecule has 2 aromatic rings. The minimum Gasteiger partial charge on any atom is -0.380 e. The van der Waals surface area contributed by atoms with Crippen molar-refractivity contribution in [3.05, 3.63) is 39.4 Å². The van der Waals surface area contributed by atoms with E-state index < -0.39 is 0 Å². The Hall–Kier alpha value is -2.01. The minimum absolute atomic E-state index is 0.0324. The maximum atomic E-state index is 12.9. The molecule has 1 spiro atoms. The topological polar surface area (TPSA) is 61.2 Å². The lowest BCUT2D eigenvalue weighted by molar-refractivity contribution is 0.101. The molecule has 22 heavy (non-hydrogen) atoms. The number of rotatable bonds is 1. The van der Waals surface area contributed by atoms with E-state index in [0.717, 1.165) is 24.2 Å². The van der Waals surface area contributed by atoms with Crippen molar-refractivity contribution in [1.29, 1.82) is 0 Å². The Morgan fingerprint density at radius 2 is 2.18 bits per heavy atom. The maximum absolute atomic E-state index is 12.9. The van der Waals surface area contributed by atoms with Crippen LogP contribution in [0.2, 0.25) is 0 Å². The molecule has 2 aliphatic heterocycles. The molecule has 0 amide bonds. The van der Waals surface area contributed by atoms with Crippen LogP contribution in [-0.2, 0) is 16.7 Å². The van der Waals surface area contributed by atoms with E-state index in [-0.39, 0.29) is 16.8 Å². The van der Waals surface area contributed by atoms with Gasteiger partial charge in [-0.2, -0.15) is 0 Å². The van der Waals surface area contributed by atoms with Gasteiger partial charge in [-0.15, -0.1) is 0 Å². The Kier molecular flexibility index (Phi) is 2.78. The molecule has 1 atom stereocenters. The summed E-state index contributed by atoms with van der Waals surface area (Å²) in [6.45, 7) is 5.43. The van der Waals surface area contributed by atoms with Crippen LogP contribution >= 0.6 is 0 Å². The van der Waals surface area contributed by atoms with Crippen LogP contribution in [0, 0.1) is 6.92 Å². The van der Waals surface area contributed by atoms with Crippen LogP contribution in [0.5, 0.6) is 0 Å². The zero-order valence-electron chi connectivity index (χ0n) is 12.8. The van der Waals surface area contributed by atoms with Crippen LogP contribution in [0.15, 0.2) is 16.9 Å². The van der Waals surface area contributed by atoms with Gasteiger partial charge in [0.05, 0.1) is 22.9 Å². The summed E-state index contributed by atoms with van der Waals surface area (Å²) in [5.74, 6) is 0.745. The summed E-state index contributed by atoms with van der Waals surface area (Å²) in [5.41, 5.74) is 1.81. The Labute approximate surface area is 127 Å². The molecule has 0 saturated carbocycles. The highest BCUT2D eigenvalue weighted by Gasteiger charge is 2.44. The average molecular weight is 298 g/mol. The van der Waals surface area contributed by atoms with Crippen molar-refractivity contribution in [1.82, 2.24) is 9.55 Å². The highest BCUT2D eigenvalue weighted by Crippen LogP contribution is 2.40. The molecule has 1 aromatic heterocycles. The number of aryl methyl sites for hydroxylation is 1. The van der Waals surface area contributed by atoms with Crippen molar-refractivity contribution in [3.8, 4) is 0 Å². The number of hydrogen-bond acceptors (Lipinski definition) is 4. The molecule has 0 radical (unpaired) electrons. The molecule has 0 bridgehead atoms. The van der Waals surface area contributed by atoms with Gasteiger partial charge in [0.15, 0.2) is 5.78 Å². The van der Waals surface area contributed by atoms with Crippen LogP contribution in [-0.4, -0.2) is 28.5 Å². The number of fused-ring (bicyclic) bond motifs is 3. The monoisotopic (exact) mass is 298 g/mol.